The number of aryl methyl sites for hydroxylation is 1. The molecule has 1 heterocycles. The normalized spacial score (nSPS) is 10.3. The van der Waals surface area contributed by atoms with Crippen LogP contribution in [-0.4, -0.2) is 27.6 Å². The zero-order valence-corrected chi connectivity index (χ0v) is 13.5. The van der Waals surface area contributed by atoms with Gasteiger partial charge in [0.1, 0.15) is 5.82 Å². The number of hydrogen-bond donors (Lipinski definition) is 3. The van der Waals surface area contributed by atoms with Gasteiger partial charge in [0.25, 0.3) is 0 Å². The van der Waals surface area contributed by atoms with E-state index < -0.39 is 5.97 Å². The summed E-state index contributed by atoms with van der Waals surface area (Å²) in [7, 11) is 0. The van der Waals surface area contributed by atoms with Crippen LogP contribution in [0.5, 0.6) is 0 Å². The van der Waals surface area contributed by atoms with E-state index in [9.17, 15) is 4.79 Å². The van der Waals surface area contributed by atoms with Gasteiger partial charge in [-0.25, -0.2) is 9.78 Å². The second-order valence-electron chi connectivity index (χ2n) is 5.36. The number of hydrogen-bond acceptors (Lipinski definition) is 5. The molecule has 0 fully saturated rings. The topological polar surface area (TPSA) is 87.1 Å². The lowest BCUT2D eigenvalue weighted by molar-refractivity contribution is 0.0697. The molecule has 0 aliphatic heterocycles. The summed E-state index contributed by atoms with van der Waals surface area (Å²) in [4.78, 5) is 19.7. The van der Waals surface area contributed by atoms with E-state index in [1.54, 1.807) is 24.3 Å². The summed E-state index contributed by atoms with van der Waals surface area (Å²) < 4.78 is 0. The second-order valence-corrected chi connectivity index (χ2v) is 5.36. The highest BCUT2D eigenvalue weighted by molar-refractivity contribution is 5.88. The minimum Gasteiger partial charge on any atom is -0.478 e. The van der Waals surface area contributed by atoms with Gasteiger partial charge in [-0.3, -0.25) is 0 Å². The number of aromatic carboxylic acids is 1. The lowest BCUT2D eigenvalue weighted by Gasteiger charge is -2.10. The molecule has 0 bridgehead atoms. The number of anilines is 3. The van der Waals surface area contributed by atoms with Crippen LogP contribution < -0.4 is 10.6 Å². The number of nitrogens with zero attached hydrogens (tertiary/aromatic N) is 2. The van der Waals surface area contributed by atoms with Gasteiger partial charge < -0.3 is 15.7 Å². The molecule has 2 rings (SSSR count). The summed E-state index contributed by atoms with van der Waals surface area (Å²) in [5.41, 5.74) is 1.90. The van der Waals surface area contributed by atoms with Gasteiger partial charge in [0, 0.05) is 24.0 Å². The maximum absolute atomic E-state index is 10.9. The van der Waals surface area contributed by atoms with Crippen LogP contribution in [0, 0.1) is 6.92 Å². The molecular weight excluding hydrogens is 292 g/mol. The molecule has 1 aromatic carbocycles. The molecule has 0 atom stereocenters. The van der Waals surface area contributed by atoms with Crippen molar-refractivity contribution >= 4 is 23.4 Å². The van der Waals surface area contributed by atoms with E-state index >= 15 is 0 Å². The molecule has 0 aliphatic carbocycles. The summed E-state index contributed by atoms with van der Waals surface area (Å²) in [6.45, 7) is 4.93. The van der Waals surface area contributed by atoms with Crippen molar-refractivity contribution in [3.8, 4) is 0 Å². The fourth-order valence-corrected chi connectivity index (χ4v) is 2.13. The first-order valence-corrected chi connectivity index (χ1v) is 7.78. The van der Waals surface area contributed by atoms with E-state index in [4.69, 9.17) is 5.11 Å². The molecule has 2 aromatic rings. The van der Waals surface area contributed by atoms with Crippen LogP contribution in [0.15, 0.2) is 30.3 Å². The molecule has 0 spiro atoms. The first-order chi connectivity index (χ1) is 11.1. The minimum absolute atomic E-state index is 0.257. The first-order valence-electron chi connectivity index (χ1n) is 7.78. The van der Waals surface area contributed by atoms with Crippen LogP contribution in [-0.2, 0) is 0 Å². The molecule has 122 valence electrons. The zero-order chi connectivity index (χ0) is 16.7. The quantitative estimate of drug-likeness (QED) is 0.642. The van der Waals surface area contributed by atoms with Crippen LogP contribution in [0.1, 0.15) is 42.2 Å². The van der Waals surface area contributed by atoms with E-state index in [-0.39, 0.29) is 5.56 Å². The Morgan fingerprint density at radius 3 is 2.57 bits per heavy atom. The van der Waals surface area contributed by atoms with Crippen LogP contribution in [0.2, 0.25) is 0 Å². The van der Waals surface area contributed by atoms with E-state index in [1.807, 2.05) is 13.0 Å². The largest absolute Gasteiger partial charge is 0.478 e. The number of unbranched alkanes of at least 4 members (excludes halogenated alkanes) is 2. The molecule has 6 heteroatoms. The van der Waals surface area contributed by atoms with Gasteiger partial charge in [-0.05, 0) is 37.6 Å². The maximum atomic E-state index is 10.9. The van der Waals surface area contributed by atoms with Gasteiger partial charge in [0.05, 0.1) is 5.56 Å². The lowest BCUT2D eigenvalue weighted by Crippen LogP contribution is -2.07. The fourth-order valence-electron chi connectivity index (χ4n) is 2.13. The van der Waals surface area contributed by atoms with Crippen molar-refractivity contribution in [2.24, 2.45) is 0 Å². The third kappa shape index (κ3) is 5.25. The predicted molar refractivity (Wildman–Crippen MR) is 91.5 cm³/mol. The van der Waals surface area contributed by atoms with Crippen molar-refractivity contribution in [2.75, 3.05) is 17.2 Å². The van der Waals surface area contributed by atoms with Gasteiger partial charge in [-0.15, -0.1) is 0 Å². The molecule has 0 radical (unpaired) electrons. The highest BCUT2D eigenvalue weighted by atomic mass is 16.4. The van der Waals surface area contributed by atoms with Crippen LogP contribution in [0.4, 0.5) is 17.5 Å². The number of carbonyl (C=O) groups is 1. The molecule has 23 heavy (non-hydrogen) atoms. The highest BCUT2D eigenvalue weighted by Crippen LogP contribution is 2.17. The van der Waals surface area contributed by atoms with Gasteiger partial charge >= 0.3 is 5.97 Å². The first kappa shape index (κ1) is 16.7. The Kier molecular flexibility index (Phi) is 5.91. The van der Waals surface area contributed by atoms with E-state index in [0.29, 0.717) is 11.8 Å². The van der Waals surface area contributed by atoms with Crippen LogP contribution >= 0.6 is 0 Å². The van der Waals surface area contributed by atoms with Crippen molar-refractivity contribution < 1.29 is 9.90 Å². The third-order valence-electron chi connectivity index (χ3n) is 3.32. The molecule has 0 aliphatic rings. The maximum Gasteiger partial charge on any atom is 0.335 e. The molecule has 0 unspecified atom stereocenters. The zero-order valence-electron chi connectivity index (χ0n) is 13.5. The standard InChI is InChI=1S/C17H22N4O2/c1-3-4-5-10-18-17-19-12(2)11-15(21-17)20-14-8-6-13(7-9-14)16(22)23/h6-9,11H,3-5,10H2,1-2H3,(H,22,23)(H2,18,19,20,21). The third-order valence-corrected chi connectivity index (χ3v) is 3.32. The number of carboxylic acids is 1. The molecule has 1 aromatic heterocycles. The summed E-state index contributed by atoms with van der Waals surface area (Å²) in [6, 6.07) is 8.40. The summed E-state index contributed by atoms with van der Waals surface area (Å²) in [5.74, 6) is 0.345. The predicted octanol–water partition coefficient (Wildman–Crippen LogP) is 3.83. The Labute approximate surface area is 136 Å². The fraction of sp³-hybridized carbons (Fsp3) is 0.353. The Morgan fingerprint density at radius 1 is 1.17 bits per heavy atom. The molecule has 0 saturated carbocycles. The highest BCUT2D eigenvalue weighted by Gasteiger charge is 2.05. The van der Waals surface area contributed by atoms with Crippen molar-refractivity contribution in [2.45, 2.75) is 33.1 Å². The van der Waals surface area contributed by atoms with E-state index in [1.165, 1.54) is 12.8 Å². The molecule has 3 N–H and O–H groups in total. The van der Waals surface area contributed by atoms with E-state index in [2.05, 4.69) is 27.5 Å². The second kappa shape index (κ2) is 8.12. The molecular formula is C17H22N4O2. The smallest absolute Gasteiger partial charge is 0.335 e. The van der Waals surface area contributed by atoms with Crippen molar-refractivity contribution in [1.82, 2.24) is 9.97 Å². The van der Waals surface area contributed by atoms with Gasteiger partial charge in [0.15, 0.2) is 0 Å². The van der Waals surface area contributed by atoms with Crippen molar-refractivity contribution in [3.63, 3.8) is 0 Å². The number of aromatic nitrogens is 2. The van der Waals surface area contributed by atoms with Crippen LogP contribution in [0.3, 0.4) is 0 Å². The Balaban J connectivity index is 2.04. The number of benzene rings is 1. The van der Waals surface area contributed by atoms with Crippen molar-refractivity contribution in [3.05, 3.63) is 41.6 Å². The average molecular weight is 314 g/mol. The van der Waals surface area contributed by atoms with E-state index in [0.717, 1.165) is 24.3 Å². The summed E-state index contributed by atoms with van der Waals surface area (Å²) in [5, 5.41) is 15.3. The SMILES string of the molecule is CCCCCNc1nc(C)cc(Nc2ccc(C(=O)O)cc2)n1. The Morgan fingerprint density at radius 2 is 1.91 bits per heavy atom. The Hall–Kier alpha value is -2.63. The number of nitrogens with one attached hydrogen (secondary N) is 2. The van der Waals surface area contributed by atoms with Gasteiger partial charge in [-0.1, -0.05) is 19.8 Å². The van der Waals surface area contributed by atoms with Gasteiger partial charge in [-0.2, -0.15) is 4.98 Å². The Bertz CT molecular complexity index is 656. The molecule has 6 nitrogen and oxygen atoms in total. The number of carboxylic acid groups (broad SMARTS) is 1. The average Bonchev–Trinajstić information content (AvgIpc) is 2.51. The van der Waals surface area contributed by atoms with Gasteiger partial charge in [0.2, 0.25) is 5.95 Å². The molecule has 0 saturated heterocycles. The minimum atomic E-state index is -0.937. The summed E-state index contributed by atoms with van der Waals surface area (Å²) >= 11 is 0. The summed E-state index contributed by atoms with van der Waals surface area (Å²) in [6.07, 6.45) is 3.45. The molecule has 0 amide bonds. The van der Waals surface area contributed by atoms with Crippen LogP contribution in [0.25, 0.3) is 0 Å². The monoisotopic (exact) mass is 314 g/mol. The van der Waals surface area contributed by atoms with Crippen molar-refractivity contribution in [1.29, 1.82) is 0 Å². The number of rotatable bonds is 8. The lowest BCUT2D eigenvalue weighted by atomic mass is 10.2.